The molecule has 3 atom stereocenters. The van der Waals surface area contributed by atoms with E-state index in [-0.39, 0.29) is 17.8 Å². The van der Waals surface area contributed by atoms with Crippen LogP contribution in [0.2, 0.25) is 0 Å². The third-order valence-electron chi connectivity index (χ3n) is 4.15. The van der Waals surface area contributed by atoms with Crippen molar-refractivity contribution in [3.05, 3.63) is 36.3 Å². The van der Waals surface area contributed by atoms with Gasteiger partial charge in [0.25, 0.3) is 0 Å². The Bertz CT molecular complexity index is 598. The number of aromatic nitrogens is 3. The molecular formula is C15H18FN3O. The molecule has 1 aliphatic rings. The molecule has 1 aromatic carbocycles. The van der Waals surface area contributed by atoms with Gasteiger partial charge < -0.3 is 5.11 Å². The minimum atomic E-state index is -0.433. The van der Waals surface area contributed by atoms with Gasteiger partial charge in [-0.25, -0.2) is 9.07 Å². The van der Waals surface area contributed by atoms with Gasteiger partial charge in [0.1, 0.15) is 5.82 Å². The van der Waals surface area contributed by atoms with Gasteiger partial charge in [-0.1, -0.05) is 30.7 Å². The van der Waals surface area contributed by atoms with Crippen LogP contribution in [0.4, 0.5) is 4.39 Å². The predicted octanol–water partition coefficient (Wildman–Crippen LogP) is 2.81. The van der Waals surface area contributed by atoms with E-state index in [1.165, 1.54) is 12.1 Å². The van der Waals surface area contributed by atoms with Gasteiger partial charge in [0.05, 0.1) is 24.0 Å². The van der Waals surface area contributed by atoms with Crippen molar-refractivity contribution in [1.82, 2.24) is 15.0 Å². The lowest BCUT2D eigenvalue weighted by Gasteiger charge is -2.33. The molecular weight excluding hydrogens is 257 g/mol. The molecule has 0 spiro atoms. The van der Waals surface area contributed by atoms with Crippen molar-refractivity contribution in [1.29, 1.82) is 0 Å². The monoisotopic (exact) mass is 275 g/mol. The van der Waals surface area contributed by atoms with Gasteiger partial charge in [-0.15, -0.1) is 5.10 Å². The highest BCUT2D eigenvalue weighted by atomic mass is 19.1. The molecule has 4 nitrogen and oxygen atoms in total. The SMILES string of the molecule is C[C@@H]1CCC[C@H](n2nncc2-c2cccc(F)c2)[C@H]1O. The second-order valence-electron chi connectivity index (χ2n) is 5.54. The van der Waals surface area contributed by atoms with Crippen LogP contribution in [0.1, 0.15) is 32.2 Å². The largest absolute Gasteiger partial charge is 0.391 e. The minimum absolute atomic E-state index is 0.0838. The first-order valence-corrected chi connectivity index (χ1v) is 7.01. The fourth-order valence-corrected chi connectivity index (χ4v) is 2.98. The highest BCUT2D eigenvalue weighted by molar-refractivity contribution is 5.58. The number of hydrogen-bond donors (Lipinski definition) is 1. The van der Waals surface area contributed by atoms with Crippen LogP contribution < -0.4 is 0 Å². The maximum atomic E-state index is 13.4. The zero-order chi connectivity index (χ0) is 14.1. The molecule has 0 radical (unpaired) electrons. The summed E-state index contributed by atoms with van der Waals surface area (Å²) < 4.78 is 15.1. The van der Waals surface area contributed by atoms with Crippen LogP contribution in [0.15, 0.2) is 30.5 Å². The second kappa shape index (κ2) is 5.32. The average molecular weight is 275 g/mol. The molecule has 5 heteroatoms. The van der Waals surface area contributed by atoms with Crippen LogP contribution in [0.25, 0.3) is 11.3 Å². The summed E-state index contributed by atoms with van der Waals surface area (Å²) in [5.74, 6) is -0.0360. The summed E-state index contributed by atoms with van der Waals surface area (Å²) in [6.45, 7) is 2.05. The van der Waals surface area contributed by atoms with E-state index in [1.807, 2.05) is 6.07 Å². The standard InChI is InChI=1S/C15H18FN3O/c1-10-4-2-7-13(15(10)20)19-14(9-17-18-19)11-5-3-6-12(16)8-11/h3,5-6,8-10,13,15,20H,2,4,7H2,1H3/t10-,13+,15+/m1/s1. The molecule has 0 unspecified atom stereocenters. The van der Waals surface area contributed by atoms with E-state index in [9.17, 15) is 9.50 Å². The number of benzene rings is 1. The lowest BCUT2D eigenvalue weighted by molar-refractivity contribution is 0.0261. The number of nitrogens with zero attached hydrogens (tertiary/aromatic N) is 3. The van der Waals surface area contributed by atoms with Gasteiger partial charge in [0.15, 0.2) is 0 Å². The zero-order valence-electron chi connectivity index (χ0n) is 11.4. The average Bonchev–Trinajstić information content (AvgIpc) is 2.91. The number of rotatable bonds is 2. The zero-order valence-corrected chi connectivity index (χ0v) is 11.4. The molecule has 3 rings (SSSR count). The van der Waals surface area contributed by atoms with Gasteiger partial charge in [-0.3, -0.25) is 0 Å². The molecule has 1 fully saturated rings. The van der Waals surface area contributed by atoms with E-state index < -0.39 is 6.10 Å². The molecule has 20 heavy (non-hydrogen) atoms. The van der Waals surface area contributed by atoms with Crippen molar-refractivity contribution in [2.75, 3.05) is 0 Å². The van der Waals surface area contributed by atoms with Gasteiger partial charge in [0, 0.05) is 5.56 Å². The van der Waals surface area contributed by atoms with Crippen molar-refractivity contribution in [3.8, 4) is 11.3 Å². The van der Waals surface area contributed by atoms with Crippen LogP contribution in [0.3, 0.4) is 0 Å². The Morgan fingerprint density at radius 1 is 1.35 bits per heavy atom. The Hall–Kier alpha value is -1.75. The Labute approximate surface area is 117 Å². The maximum Gasteiger partial charge on any atom is 0.123 e. The number of hydrogen-bond acceptors (Lipinski definition) is 3. The van der Waals surface area contributed by atoms with Crippen LogP contribution >= 0.6 is 0 Å². The first-order chi connectivity index (χ1) is 9.66. The Morgan fingerprint density at radius 2 is 2.20 bits per heavy atom. The van der Waals surface area contributed by atoms with Crippen molar-refractivity contribution >= 4 is 0 Å². The molecule has 1 saturated carbocycles. The topological polar surface area (TPSA) is 50.9 Å². The molecule has 1 heterocycles. The van der Waals surface area contributed by atoms with E-state index >= 15 is 0 Å². The van der Waals surface area contributed by atoms with E-state index in [0.29, 0.717) is 0 Å². The van der Waals surface area contributed by atoms with Crippen molar-refractivity contribution in [3.63, 3.8) is 0 Å². The quantitative estimate of drug-likeness (QED) is 0.917. The fourth-order valence-electron chi connectivity index (χ4n) is 2.98. The number of halogens is 1. The highest BCUT2D eigenvalue weighted by Gasteiger charge is 2.32. The summed E-state index contributed by atoms with van der Waals surface area (Å²) >= 11 is 0. The van der Waals surface area contributed by atoms with E-state index in [4.69, 9.17) is 0 Å². The molecule has 2 aromatic rings. The van der Waals surface area contributed by atoms with Gasteiger partial charge in [-0.05, 0) is 30.9 Å². The smallest absolute Gasteiger partial charge is 0.123 e. The maximum absolute atomic E-state index is 13.4. The highest BCUT2D eigenvalue weighted by Crippen LogP contribution is 2.34. The Balaban J connectivity index is 1.98. The first-order valence-electron chi connectivity index (χ1n) is 7.01. The van der Waals surface area contributed by atoms with Crippen molar-refractivity contribution < 1.29 is 9.50 Å². The summed E-state index contributed by atoms with van der Waals surface area (Å²) in [5, 5.41) is 18.4. The molecule has 0 amide bonds. The summed E-state index contributed by atoms with van der Waals surface area (Å²) in [7, 11) is 0. The third kappa shape index (κ3) is 2.33. The molecule has 1 aliphatic carbocycles. The molecule has 106 valence electrons. The molecule has 0 aliphatic heterocycles. The van der Waals surface area contributed by atoms with E-state index in [0.717, 1.165) is 30.5 Å². The lowest BCUT2D eigenvalue weighted by Crippen LogP contribution is -2.34. The predicted molar refractivity (Wildman–Crippen MR) is 73.5 cm³/mol. The summed E-state index contributed by atoms with van der Waals surface area (Å²) in [4.78, 5) is 0. The summed E-state index contributed by atoms with van der Waals surface area (Å²) in [6, 6.07) is 6.29. The normalized spacial score (nSPS) is 26.6. The summed E-state index contributed by atoms with van der Waals surface area (Å²) in [6.07, 6.45) is 4.16. The first kappa shape index (κ1) is 13.2. The van der Waals surface area contributed by atoms with Gasteiger partial charge in [0.2, 0.25) is 0 Å². The second-order valence-corrected chi connectivity index (χ2v) is 5.54. The molecule has 0 bridgehead atoms. The van der Waals surface area contributed by atoms with E-state index in [2.05, 4.69) is 17.2 Å². The summed E-state index contributed by atoms with van der Waals surface area (Å²) in [5.41, 5.74) is 1.49. The van der Waals surface area contributed by atoms with Crippen LogP contribution in [0.5, 0.6) is 0 Å². The Kier molecular flexibility index (Phi) is 3.53. The molecule has 0 saturated heterocycles. The number of aliphatic hydroxyl groups excluding tert-OH is 1. The third-order valence-corrected chi connectivity index (χ3v) is 4.15. The van der Waals surface area contributed by atoms with Crippen LogP contribution in [-0.4, -0.2) is 26.2 Å². The molecule has 1 aromatic heterocycles. The Morgan fingerprint density at radius 3 is 3.00 bits per heavy atom. The van der Waals surface area contributed by atoms with Crippen LogP contribution in [-0.2, 0) is 0 Å². The van der Waals surface area contributed by atoms with E-state index in [1.54, 1.807) is 16.9 Å². The number of aliphatic hydroxyl groups is 1. The van der Waals surface area contributed by atoms with Crippen LogP contribution in [0, 0.1) is 11.7 Å². The van der Waals surface area contributed by atoms with Gasteiger partial charge in [-0.2, -0.15) is 0 Å². The van der Waals surface area contributed by atoms with Gasteiger partial charge >= 0.3 is 0 Å². The fraction of sp³-hybridized carbons (Fsp3) is 0.467. The van der Waals surface area contributed by atoms with Crippen molar-refractivity contribution in [2.24, 2.45) is 5.92 Å². The molecule has 1 N–H and O–H groups in total. The minimum Gasteiger partial charge on any atom is -0.391 e. The lowest BCUT2D eigenvalue weighted by atomic mass is 9.84. The van der Waals surface area contributed by atoms with Crippen molar-refractivity contribution in [2.45, 2.75) is 38.3 Å².